The van der Waals surface area contributed by atoms with Crippen molar-refractivity contribution in [1.82, 2.24) is 9.78 Å². The second-order valence-electron chi connectivity index (χ2n) is 3.12. The molecule has 0 saturated carbocycles. The molecule has 0 aliphatic rings. The van der Waals surface area contributed by atoms with E-state index in [1.807, 2.05) is 6.92 Å². The molecule has 78 valence electrons. The van der Waals surface area contributed by atoms with Gasteiger partial charge in [-0.25, -0.2) is 4.68 Å². The Morgan fingerprint density at radius 3 is 2.47 bits per heavy atom. The van der Waals surface area contributed by atoms with Crippen LogP contribution < -0.4 is 0 Å². The molecule has 0 aliphatic heterocycles. The molecule has 0 saturated heterocycles. The molecular weight excluding hydrogens is 254 g/mol. The number of nitrogens with zero attached hydrogens (tertiary/aromatic N) is 2. The van der Waals surface area contributed by atoms with Gasteiger partial charge in [-0.05, 0) is 31.2 Å². The Labute approximate surface area is 102 Å². The van der Waals surface area contributed by atoms with Gasteiger partial charge in [0.25, 0.3) is 0 Å². The number of aryl methyl sites for hydroxylation is 1. The Kier molecular flexibility index (Phi) is 2.91. The van der Waals surface area contributed by atoms with Crippen molar-refractivity contribution in [1.29, 1.82) is 0 Å². The van der Waals surface area contributed by atoms with Crippen molar-refractivity contribution in [3.63, 3.8) is 0 Å². The van der Waals surface area contributed by atoms with Gasteiger partial charge < -0.3 is 0 Å². The van der Waals surface area contributed by atoms with Crippen molar-refractivity contribution in [2.75, 3.05) is 0 Å². The Bertz CT molecular complexity index is 505. The number of hydrogen-bond donors (Lipinski definition) is 0. The van der Waals surface area contributed by atoms with Crippen LogP contribution in [0.3, 0.4) is 0 Å². The summed E-state index contributed by atoms with van der Waals surface area (Å²) in [5.74, 6) is 0. The zero-order valence-electron chi connectivity index (χ0n) is 7.84. The molecule has 1 heterocycles. The van der Waals surface area contributed by atoms with E-state index in [0.717, 1.165) is 5.69 Å². The van der Waals surface area contributed by atoms with Crippen LogP contribution in [0.4, 0.5) is 0 Å². The topological polar surface area (TPSA) is 17.8 Å². The average Bonchev–Trinajstić information content (AvgIpc) is 2.50. The molecule has 1 aromatic heterocycles. The predicted octanol–water partition coefficient (Wildman–Crippen LogP) is 4.14. The second-order valence-corrected chi connectivity index (χ2v) is 4.35. The molecule has 0 bridgehead atoms. The van der Waals surface area contributed by atoms with Crippen LogP contribution >= 0.6 is 34.8 Å². The smallest absolute Gasteiger partial charge is 0.133 e. The van der Waals surface area contributed by atoms with E-state index in [1.54, 1.807) is 28.9 Å². The Hall–Kier alpha value is -0.700. The van der Waals surface area contributed by atoms with Crippen molar-refractivity contribution in [2.45, 2.75) is 6.92 Å². The Morgan fingerprint density at radius 1 is 1.13 bits per heavy atom. The molecule has 2 nitrogen and oxygen atoms in total. The minimum atomic E-state index is 0.511. The van der Waals surface area contributed by atoms with E-state index in [-0.39, 0.29) is 0 Å². The first-order chi connectivity index (χ1) is 7.08. The van der Waals surface area contributed by atoms with E-state index in [9.17, 15) is 0 Å². The van der Waals surface area contributed by atoms with Crippen molar-refractivity contribution < 1.29 is 0 Å². The van der Waals surface area contributed by atoms with Gasteiger partial charge in [0.05, 0.1) is 16.4 Å². The summed E-state index contributed by atoms with van der Waals surface area (Å²) in [4.78, 5) is 0. The molecule has 0 radical (unpaired) electrons. The van der Waals surface area contributed by atoms with E-state index >= 15 is 0 Å². The van der Waals surface area contributed by atoms with Gasteiger partial charge in [0.15, 0.2) is 0 Å². The fraction of sp³-hybridized carbons (Fsp3) is 0.100. The molecule has 0 amide bonds. The van der Waals surface area contributed by atoms with Crippen LogP contribution in [0.15, 0.2) is 24.3 Å². The molecule has 5 heteroatoms. The summed E-state index contributed by atoms with van der Waals surface area (Å²) in [6, 6.07) is 6.92. The first-order valence-corrected chi connectivity index (χ1v) is 5.39. The third kappa shape index (κ3) is 2.12. The molecule has 15 heavy (non-hydrogen) atoms. The molecule has 0 spiro atoms. The van der Waals surface area contributed by atoms with E-state index in [0.29, 0.717) is 20.9 Å². The number of hydrogen-bond acceptors (Lipinski definition) is 1. The zero-order valence-corrected chi connectivity index (χ0v) is 10.1. The van der Waals surface area contributed by atoms with Crippen LogP contribution in [0, 0.1) is 6.92 Å². The van der Waals surface area contributed by atoms with E-state index < -0.39 is 0 Å². The molecule has 0 unspecified atom stereocenters. The van der Waals surface area contributed by atoms with E-state index in [1.165, 1.54) is 0 Å². The molecule has 0 fully saturated rings. The fourth-order valence-electron chi connectivity index (χ4n) is 1.28. The van der Waals surface area contributed by atoms with Gasteiger partial charge in [-0.2, -0.15) is 5.10 Å². The largest absolute Gasteiger partial charge is 0.220 e. The maximum Gasteiger partial charge on any atom is 0.133 e. The lowest BCUT2D eigenvalue weighted by molar-refractivity contribution is 0.863. The zero-order chi connectivity index (χ0) is 11.0. The Morgan fingerprint density at radius 2 is 1.87 bits per heavy atom. The van der Waals surface area contributed by atoms with Gasteiger partial charge in [-0.15, -0.1) is 0 Å². The first-order valence-electron chi connectivity index (χ1n) is 4.25. The lowest BCUT2D eigenvalue weighted by Crippen LogP contribution is -1.97. The maximum absolute atomic E-state index is 6.03. The summed E-state index contributed by atoms with van der Waals surface area (Å²) in [5, 5.41) is 5.89. The van der Waals surface area contributed by atoms with Gasteiger partial charge >= 0.3 is 0 Å². The third-order valence-corrected chi connectivity index (χ3v) is 2.75. The third-order valence-electron chi connectivity index (χ3n) is 1.92. The summed E-state index contributed by atoms with van der Waals surface area (Å²) in [7, 11) is 0. The van der Waals surface area contributed by atoms with Gasteiger partial charge in [0.2, 0.25) is 0 Å². The predicted molar refractivity (Wildman–Crippen MR) is 63.3 cm³/mol. The molecule has 0 aliphatic carbocycles. The van der Waals surface area contributed by atoms with Gasteiger partial charge in [0, 0.05) is 5.02 Å². The van der Waals surface area contributed by atoms with Gasteiger partial charge in [-0.3, -0.25) is 0 Å². The standard InChI is InChI=1S/C10H7Cl3N2/c1-6-4-10(13)15(14-6)9-5-7(11)2-3-8(9)12/h2-5H,1H3. The summed E-state index contributed by atoms with van der Waals surface area (Å²) in [5.41, 5.74) is 1.51. The highest BCUT2D eigenvalue weighted by atomic mass is 35.5. The lowest BCUT2D eigenvalue weighted by Gasteiger charge is -2.05. The first kappa shape index (κ1) is 10.8. The normalized spacial score (nSPS) is 10.7. The number of benzene rings is 1. The van der Waals surface area contributed by atoms with Crippen molar-refractivity contribution >= 4 is 34.8 Å². The van der Waals surface area contributed by atoms with E-state index in [4.69, 9.17) is 34.8 Å². The van der Waals surface area contributed by atoms with Gasteiger partial charge in [0.1, 0.15) is 5.15 Å². The highest BCUT2D eigenvalue weighted by Gasteiger charge is 2.09. The van der Waals surface area contributed by atoms with Crippen LogP contribution in [0.5, 0.6) is 0 Å². The Balaban J connectivity index is 2.62. The minimum Gasteiger partial charge on any atom is -0.220 e. The summed E-state index contributed by atoms with van der Waals surface area (Å²) in [6.07, 6.45) is 0. The monoisotopic (exact) mass is 260 g/mol. The van der Waals surface area contributed by atoms with Gasteiger partial charge in [-0.1, -0.05) is 34.8 Å². The fourth-order valence-corrected chi connectivity index (χ4v) is 1.94. The number of aromatic nitrogens is 2. The highest BCUT2D eigenvalue weighted by molar-refractivity contribution is 6.35. The molecule has 0 atom stereocenters. The van der Waals surface area contributed by atoms with Crippen LogP contribution in [0.1, 0.15) is 5.69 Å². The lowest BCUT2D eigenvalue weighted by atomic mass is 10.3. The average molecular weight is 262 g/mol. The summed E-state index contributed by atoms with van der Waals surface area (Å²) in [6.45, 7) is 1.86. The molecule has 2 aromatic rings. The van der Waals surface area contributed by atoms with Crippen LogP contribution in [-0.4, -0.2) is 9.78 Å². The molecule has 0 N–H and O–H groups in total. The number of halogens is 3. The second kappa shape index (κ2) is 4.05. The molecule has 2 rings (SSSR count). The van der Waals surface area contributed by atoms with E-state index in [2.05, 4.69) is 5.10 Å². The molecule has 1 aromatic carbocycles. The summed E-state index contributed by atoms with van der Waals surface area (Å²) >= 11 is 17.9. The van der Waals surface area contributed by atoms with Crippen LogP contribution in [0.2, 0.25) is 15.2 Å². The van der Waals surface area contributed by atoms with Crippen LogP contribution in [-0.2, 0) is 0 Å². The highest BCUT2D eigenvalue weighted by Crippen LogP contribution is 2.26. The minimum absolute atomic E-state index is 0.511. The SMILES string of the molecule is Cc1cc(Cl)n(-c2cc(Cl)ccc2Cl)n1. The van der Waals surface area contributed by atoms with Crippen molar-refractivity contribution in [2.24, 2.45) is 0 Å². The maximum atomic E-state index is 6.03. The summed E-state index contributed by atoms with van der Waals surface area (Å²) < 4.78 is 1.56. The van der Waals surface area contributed by atoms with Crippen molar-refractivity contribution in [3.05, 3.63) is 45.2 Å². The quantitative estimate of drug-likeness (QED) is 0.754. The van der Waals surface area contributed by atoms with Crippen LogP contribution in [0.25, 0.3) is 5.69 Å². The van der Waals surface area contributed by atoms with Crippen molar-refractivity contribution in [3.8, 4) is 5.69 Å². The number of rotatable bonds is 1. The molecular formula is C10H7Cl3N2.